The lowest BCUT2D eigenvalue weighted by Crippen LogP contribution is -2.41. The molecular formula is C16H25N3. The molecule has 3 heteroatoms. The number of H-pyrrole nitrogens is 1. The van der Waals surface area contributed by atoms with Crippen LogP contribution in [0.25, 0.3) is 10.9 Å². The van der Waals surface area contributed by atoms with Crippen LogP contribution < -0.4 is 11.1 Å². The van der Waals surface area contributed by atoms with E-state index < -0.39 is 0 Å². The van der Waals surface area contributed by atoms with Gasteiger partial charge in [-0.2, -0.15) is 0 Å². The Balaban J connectivity index is 2.04. The second-order valence-corrected chi connectivity index (χ2v) is 5.56. The number of benzene rings is 1. The maximum absolute atomic E-state index is 5.78. The standard InChI is InChI=1S/C16H25N3/c1-11(2)16(10-17)18-9-8-13-12(3)19-15-7-5-4-6-14(13)15/h4-7,11,16,18-19H,8-10,17H2,1-3H3. The van der Waals surface area contributed by atoms with Crippen LogP contribution in [0.2, 0.25) is 0 Å². The van der Waals surface area contributed by atoms with E-state index in [1.807, 2.05) is 0 Å². The first kappa shape index (κ1) is 14.1. The average Bonchev–Trinajstić information content (AvgIpc) is 2.70. The number of para-hydroxylation sites is 1. The first-order valence-electron chi connectivity index (χ1n) is 7.13. The lowest BCUT2D eigenvalue weighted by atomic mass is 10.0. The van der Waals surface area contributed by atoms with Crippen molar-refractivity contribution in [2.24, 2.45) is 11.7 Å². The van der Waals surface area contributed by atoms with Gasteiger partial charge in [0.2, 0.25) is 0 Å². The molecule has 0 amide bonds. The number of nitrogens with one attached hydrogen (secondary N) is 2. The fourth-order valence-electron chi connectivity index (χ4n) is 2.63. The third-order valence-electron chi connectivity index (χ3n) is 3.87. The third kappa shape index (κ3) is 3.17. The zero-order chi connectivity index (χ0) is 13.8. The zero-order valence-corrected chi connectivity index (χ0v) is 12.2. The summed E-state index contributed by atoms with van der Waals surface area (Å²) in [5.41, 5.74) is 9.71. The molecule has 0 aliphatic heterocycles. The van der Waals surface area contributed by atoms with Gasteiger partial charge in [-0.3, -0.25) is 0 Å². The number of hydrogen-bond donors (Lipinski definition) is 3. The van der Waals surface area contributed by atoms with Gasteiger partial charge in [0.15, 0.2) is 0 Å². The summed E-state index contributed by atoms with van der Waals surface area (Å²) in [6.45, 7) is 8.24. The van der Waals surface area contributed by atoms with Gasteiger partial charge >= 0.3 is 0 Å². The predicted molar refractivity (Wildman–Crippen MR) is 82.4 cm³/mol. The molecule has 0 bridgehead atoms. The van der Waals surface area contributed by atoms with Crippen LogP contribution in [0.3, 0.4) is 0 Å². The molecule has 1 aromatic carbocycles. The van der Waals surface area contributed by atoms with Crippen molar-refractivity contribution in [2.75, 3.05) is 13.1 Å². The highest BCUT2D eigenvalue weighted by Crippen LogP contribution is 2.21. The number of nitrogens with two attached hydrogens (primary N) is 1. The normalized spacial score (nSPS) is 13.3. The van der Waals surface area contributed by atoms with E-state index in [1.165, 1.54) is 22.2 Å². The summed E-state index contributed by atoms with van der Waals surface area (Å²) in [6.07, 6.45) is 1.04. The monoisotopic (exact) mass is 259 g/mol. The van der Waals surface area contributed by atoms with Gasteiger partial charge in [-0.05, 0) is 37.4 Å². The summed E-state index contributed by atoms with van der Waals surface area (Å²) in [7, 11) is 0. The smallest absolute Gasteiger partial charge is 0.0458 e. The van der Waals surface area contributed by atoms with Gasteiger partial charge < -0.3 is 16.0 Å². The zero-order valence-electron chi connectivity index (χ0n) is 12.2. The molecular weight excluding hydrogens is 234 g/mol. The van der Waals surface area contributed by atoms with Gasteiger partial charge in [-0.15, -0.1) is 0 Å². The van der Waals surface area contributed by atoms with E-state index in [1.54, 1.807) is 0 Å². The Morgan fingerprint density at radius 2 is 2.00 bits per heavy atom. The first-order valence-corrected chi connectivity index (χ1v) is 7.13. The maximum atomic E-state index is 5.78. The first-order chi connectivity index (χ1) is 9.13. The SMILES string of the molecule is Cc1[nH]c2ccccc2c1CCNC(CN)C(C)C. The van der Waals surface area contributed by atoms with Crippen molar-refractivity contribution in [3.8, 4) is 0 Å². The van der Waals surface area contributed by atoms with Crippen LogP contribution in [-0.4, -0.2) is 24.1 Å². The van der Waals surface area contributed by atoms with Gasteiger partial charge in [0.25, 0.3) is 0 Å². The van der Waals surface area contributed by atoms with E-state index in [-0.39, 0.29) is 0 Å². The fourth-order valence-corrected chi connectivity index (χ4v) is 2.63. The number of fused-ring (bicyclic) bond motifs is 1. The van der Waals surface area contributed by atoms with Crippen LogP contribution in [0.4, 0.5) is 0 Å². The Kier molecular flexibility index (Phi) is 4.61. The molecule has 2 aromatic rings. The van der Waals surface area contributed by atoms with Crippen molar-refractivity contribution >= 4 is 10.9 Å². The molecule has 0 radical (unpaired) electrons. The number of aromatic nitrogens is 1. The van der Waals surface area contributed by atoms with Crippen LogP contribution in [0.15, 0.2) is 24.3 Å². The van der Waals surface area contributed by atoms with Gasteiger partial charge in [0.1, 0.15) is 0 Å². The third-order valence-corrected chi connectivity index (χ3v) is 3.87. The molecule has 0 spiro atoms. The van der Waals surface area contributed by atoms with Crippen LogP contribution in [0, 0.1) is 12.8 Å². The van der Waals surface area contributed by atoms with Gasteiger partial charge in [0.05, 0.1) is 0 Å². The van der Waals surface area contributed by atoms with E-state index in [9.17, 15) is 0 Å². The van der Waals surface area contributed by atoms with Crippen LogP contribution in [0.5, 0.6) is 0 Å². The summed E-state index contributed by atoms with van der Waals surface area (Å²) >= 11 is 0. The van der Waals surface area contributed by atoms with Crippen molar-refractivity contribution in [3.63, 3.8) is 0 Å². The fraction of sp³-hybridized carbons (Fsp3) is 0.500. The molecule has 2 rings (SSSR count). The van der Waals surface area contributed by atoms with Crippen molar-refractivity contribution in [1.82, 2.24) is 10.3 Å². The van der Waals surface area contributed by atoms with Gasteiger partial charge in [-0.25, -0.2) is 0 Å². The van der Waals surface area contributed by atoms with E-state index >= 15 is 0 Å². The van der Waals surface area contributed by atoms with Crippen molar-refractivity contribution in [1.29, 1.82) is 0 Å². The number of aromatic amines is 1. The molecule has 1 aromatic heterocycles. The minimum Gasteiger partial charge on any atom is -0.358 e. The van der Waals surface area contributed by atoms with Crippen molar-refractivity contribution in [2.45, 2.75) is 33.2 Å². The molecule has 104 valence electrons. The van der Waals surface area contributed by atoms with Crippen LogP contribution in [-0.2, 0) is 6.42 Å². The lowest BCUT2D eigenvalue weighted by molar-refractivity contribution is 0.409. The molecule has 0 saturated carbocycles. The molecule has 1 atom stereocenters. The van der Waals surface area contributed by atoms with E-state index in [0.717, 1.165) is 13.0 Å². The quantitative estimate of drug-likeness (QED) is 0.747. The number of rotatable bonds is 6. The number of aryl methyl sites for hydroxylation is 1. The summed E-state index contributed by atoms with van der Waals surface area (Å²) in [5, 5.41) is 4.90. The summed E-state index contributed by atoms with van der Waals surface area (Å²) in [6, 6.07) is 8.91. The second-order valence-electron chi connectivity index (χ2n) is 5.56. The minimum atomic E-state index is 0.408. The summed E-state index contributed by atoms with van der Waals surface area (Å²) in [5.74, 6) is 0.578. The van der Waals surface area contributed by atoms with E-state index in [0.29, 0.717) is 18.5 Å². The average molecular weight is 259 g/mol. The highest BCUT2D eigenvalue weighted by molar-refractivity contribution is 5.84. The second kappa shape index (κ2) is 6.22. The lowest BCUT2D eigenvalue weighted by Gasteiger charge is -2.20. The topological polar surface area (TPSA) is 53.8 Å². The molecule has 3 nitrogen and oxygen atoms in total. The highest BCUT2D eigenvalue weighted by atomic mass is 14.9. The largest absolute Gasteiger partial charge is 0.358 e. The van der Waals surface area contributed by atoms with Gasteiger partial charge in [0, 0.05) is 29.2 Å². The molecule has 1 unspecified atom stereocenters. The predicted octanol–water partition coefficient (Wildman–Crippen LogP) is 2.59. The molecule has 0 saturated heterocycles. The summed E-state index contributed by atoms with van der Waals surface area (Å²) in [4.78, 5) is 3.45. The van der Waals surface area contributed by atoms with E-state index in [4.69, 9.17) is 5.73 Å². The Morgan fingerprint density at radius 3 is 2.68 bits per heavy atom. The molecule has 0 aliphatic carbocycles. The Labute approximate surface area is 115 Å². The molecule has 0 fully saturated rings. The highest BCUT2D eigenvalue weighted by Gasteiger charge is 2.11. The maximum Gasteiger partial charge on any atom is 0.0458 e. The van der Waals surface area contributed by atoms with Crippen LogP contribution in [0.1, 0.15) is 25.1 Å². The molecule has 0 aliphatic rings. The van der Waals surface area contributed by atoms with Crippen LogP contribution >= 0.6 is 0 Å². The summed E-state index contributed by atoms with van der Waals surface area (Å²) < 4.78 is 0. The Bertz CT molecular complexity index is 528. The van der Waals surface area contributed by atoms with Crippen molar-refractivity contribution in [3.05, 3.63) is 35.5 Å². The number of hydrogen-bond acceptors (Lipinski definition) is 2. The molecule has 19 heavy (non-hydrogen) atoms. The Morgan fingerprint density at radius 1 is 1.26 bits per heavy atom. The minimum absolute atomic E-state index is 0.408. The van der Waals surface area contributed by atoms with E-state index in [2.05, 4.69) is 55.3 Å². The van der Waals surface area contributed by atoms with Crippen molar-refractivity contribution < 1.29 is 0 Å². The van der Waals surface area contributed by atoms with Gasteiger partial charge in [-0.1, -0.05) is 32.0 Å². The molecule has 1 heterocycles. The molecule has 4 N–H and O–H groups in total. The Hall–Kier alpha value is -1.32.